The number of hydrogen-bond acceptors (Lipinski definition) is 5. The highest BCUT2D eigenvalue weighted by Gasteiger charge is 2.26. The third-order valence-corrected chi connectivity index (χ3v) is 7.10. The first-order valence-electron chi connectivity index (χ1n) is 14.3. The molecule has 5 N–H and O–H groups in total. The third kappa shape index (κ3) is 8.71. The number of nitrogens with two attached hydrogens (primary N) is 2. The standard InChI is InChI=1S/C33H41FN4O4/c1-4-13-37(14-5-2)32(41)26-17-25(31(36)40)18-27(19-26)33(42)38(20-23-9-7-6-8-10-23)21-30(39)29(35)16-24-12-11-22(3)28(34)15-24/h6-12,15,17-19,29-30,39H,4-5,13-14,16,20-21,35H2,1-3H3,(H2,36,40)/t29-,30+/m0/s1. The van der Waals surface area contributed by atoms with Crippen LogP contribution in [0.2, 0.25) is 0 Å². The fourth-order valence-electron chi connectivity index (χ4n) is 4.79. The Hall–Kier alpha value is -4.08. The van der Waals surface area contributed by atoms with Crippen molar-refractivity contribution in [3.05, 3.63) is 106 Å². The predicted octanol–water partition coefficient (Wildman–Crippen LogP) is 4.07. The van der Waals surface area contributed by atoms with Gasteiger partial charge in [0, 0.05) is 48.9 Å². The molecule has 0 saturated carbocycles. The van der Waals surface area contributed by atoms with Crippen molar-refractivity contribution in [1.82, 2.24) is 9.80 Å². The van der Waals surface area contributed by atoms with Gasteiger partial charge in [-0.15, -0.1) is 0 Å². The van der Waals surface area contributed by atoms with Gasteiger partial charge in [0.2, 0.25) is 5.91 Å². The Bertz CT molecular complexity index is 1380. The largest absolute Gasteiger partial charge is 0.390 e. The smallest absolute Gasteiger partial charge is 0.254 e. The molecule has 42 heavy (non-hydrogen) atoms. The molecule has 0 aliphatic rings. The highest BCUT2D eigenvalue weighted by Crippen LogP contribution is 2.19. The molecule has 3 aromatic rings. The number of aryl methyl sites for hydroxylation is 1. The summed E-state index contributed by atoms with van der Waals surface area (Å²) in [7, 11) is 0. The molecule has 3 amide bonds. The summed E-state index contributed by atoms with van der Waals surface area (Å²) >= 11 is 0. The Kier molecular flexibility index (Phi) is 11.8. The third-order valence-electron chi connectivity index (χ3n) is 7.10. The van der Waals surface area contributed by atoms with E-state index in [9.17, 15) is 23.9 Å². The maximum absolute atomic E-state index is 14.1. The number of rotatable bonds is 14. The van der Waals surface area contributed by atoms with Crippen molar-refractivity contribution in [2.75, 3.05) is 19.6 Å². The van der Waals surface area contributed by atoms with Crippen LogP contribution in [0, 0.1) is 12.7 Å². The highest BCUT2D eigenvalue weighted by atomic mass is 19.1. The van der Waals surface area contributed by atoms with Crippen LogP contribution in [0.5, 0.6) is 0 Å². The molecule has 0 radical (unpaired) electrons. The summed E-state index contributed by atoms with van der Waals surface area (Å²) in [5, 5.41) is 11.1. The van der Waals surface area contributed by atoms with Gasteiger partial charge in [0.05, 0.1) is 6.10 Å². The summed E-state index contributed by atoms with van der Waals surface area (Å²) in [5.41, 5.74) is 14.2. The molecule has 0 heterocycles. The van der Waals surface area contributed by atoms with Gasteiger partial charge in [-0.05, 0) is 67.1 Å². The van der Waals surface area contributed by atoms with Gasteiger partial charge in [-0.1, -0.05) is 56.3 Å². The van der Waals surface area contributed by atoms with Crippen LogP contribution in [-0.2, 0) is 13.0 Å². The number of nitrogens with zero attached hydrogens (tertiary/aromatic N) is 2. The molecule has 3 rings (SSSR count). The minimum Gasteiger partial charge on any atom is -0.390 e. The zero-order valence-electron chi connectivity index (χ0n) is 24.6. The molecular formula is C33H41FN4O4. The summed E-state index contributed by atoms with van der Waals surface area (Å²) in [4.78, 5) is 42.7. The molecule has 2 atom stereocenters. The van der Waals surface area contributed by atoms with Crippen molar-refractivity contribution in [2.45, 2.75) is 58.7 Å². The lowest BCUT2D eigenvalue weighted by Crippen LogP contribution is -2.46. The van der Waals surface area contributed by atoms with Gasteiger partial charge < -0.3 is 26.4 Å². The van der Waals surface area contributed by atoms with Gasteiger partial charge in [-0.25, -0.2) is 4.39 Å². The Balaban J connectivity index is 1.94. The van der Waals surface area contributed by atoms with Gasteiger partial charge in [-0.2, -0.15) is 0 Å². The van der Waals surface area contributed by atoms with Crippen LogP contribution in [0.4, 0.5) is 4.39 Å². The van der Waals surface area contributed by atoms with Crippen LogP contribution in [0.3, 0.4) is 0 Å². The summed E-state index contributed by atoms with van der Waals surface area (Å²) in [5.74, 6) is -1.91. The fraction of sp³-hybridized carbons (Fsp3) is 0.364. The zero-order valence-corrected chi connectivity index (χ0v) is 24.6. The number of primary amides is 1. The Morgan fingerprint density at radius 3 is 1.95 bits per heavy atom. The average molecular weight is 577 g/mol. The molecule has 0 bridgehead atoms. The van der Waals surface area contributed by atoms with E-state index in [0.717, 1.165) is 18.4 Å². The summed E-state index contributed by atoms with van der Waals surface area (Å²) in [6.07, 6.45) is 0.565. The minimum atomic E-state index is -1.15. The second-order valence-corrected chi connectivity index (χ2v) is 10.6. The van der Waals surface area contributed by atoms with Crippen molar-refractivity contribution in [3.63, 3.8) is 0 Å². The highest BCUT2D eigenvalue weighted by molar-refractivity contribution is 6.04. The van der Waals surface area contributed by atoms with Crippen LogP contribution in [0.15, 0.2) is 66.7 Å². The monoisotopic (exact) mass is 576 g/mol. The molecule has 0 unspecified atom stereocenters. The number of halogens is 1. The lowest BCUT2D eigenvalue weighted by atomic mass is 9.99. The molecule has 0 aliphatic carbocycles. The lowest BCUT2D eigenvalue weighted by molar-refractivity contribution is 0.0554. The van der Waals surface area contributed by atoms with Gasteiger partial charge in [0.15, 0.2) is 0 Å². The molecule has 8 nitrogen and oxygen atoms in total. The molecule has 9 heteroatoms. The van der Waals surface area contributed by atoms with Crippen LogP contribution >= 0.6 is 0 Å². The van der Waals surface area contributed by atoms with E-state index in [0.29, 0.717) is 24.2 Å². The summed E-state index contributed by atoms with van der Waals surface area (Å²) < 4.78 is 14.1. The second kappa shape index (κ2) is 15.2. The molecule has 0 saturated heterocycles. The molecule has 3 aromatic carbocycles. The lowest BCUT2D eigenvalue weighted by Gasteiger charge is -2.29. The SMILES string of the molecule is CCCN(CCC)C(=O)c1cc(C(N)=O)cc(C(=O)N(Cc2ccccc2)C[C@@H](O)[C@@H](N)Cc2ccc(C)c(F)c2)c1. The molecule has 0 spiro atoms. The van der Waals surface area contributed by atoms with Crippen molar-refractivity contribution < 1.29 is 23.9 Å². The Morgan fingerprint density at radius 2 is 1.40 bits per heavy atom. The van der Waals surface area contributed by atoms with E-state index in [1.165, 1.54) is 29.2 Å². The number of carbonyl (C=O) groups excluding carboxylic acids is 3. The summed E-state index contributed by atoms with van der Waals surface area (Å²) in [6.45, 7) is 6.68. The number of benzene rings is 3. The first-order chi connectivity index (χ1) is 20.0. The topological polar surface area (TPSA) is 130 Å². The minimum absolute atomic E-state index is 0.0375. The van der Waals surface area contributed by atoms with Gasteiger partial charge in [0.1, 0.15) is 5.82 Å². The zero-order chi connectivity index (χ0) is 30.8. The van der Waals surface area contributed by atoms with Gasteiger partial charge >= 0.3 is 0 Å². The predicted molar refractivity (Wildman–Crippen MR) is 161 cm³/mol. The van der Waals surface area contributed by atoms with E-state index in [1.54, 1.807) is 24.0 Å². The van der Waals surface area contributed by atoms with E-state index in [-0.39, 0.29) is 47.9 Å². The first-order valence-corrected chi connectivity index (χ1v) is 14.3. The Morgan fingerprint density at radius 1 is 0.833 bits per heavy atom. The number of amides is 3. The van der Waals surface area contributed by atoms with Crippen molar-refractivity contribution in [3.8, 4) is 0 Å². The van der Waals surface area contributed by atoms with Crippen LogP contribution in [0.25, 0.3) is 0 Å². The van der Waals surface area contributed by atoms with Crippen molar-refractivity contribution >= 4 is 17.7 Å². The van der Waals surface area contributed by atoms with Crippen molar-refractivity contribution in [2.24, 2.45) is 11.5 Å². The maximum Gasteiger partial charge on any atom is 0.254 e. The van der Waals surface area contributed by atoms with Crippen LogP contribution in [0.1, 0.15) is 74.5 Å². The first kappa shape index (κ1) is 32.4. The fourth-order valence-corrected chi connectivity index (χ4v) is 4.79. The second-order valence-electron chi connectivity index (χ2n) is 10.6. The average Bonchev–Trinajstić information content (AvgIpc) is 2.98. The van der Waals surface area contributed by atoms with Crippen LogP contribution < -0.4 is 11.5 Å². The van der Waals surface area contributed by atoms with E-state index in [4.69, 9.17) is 11.5 Å². The molecular weight excluding hydrogens is 535 g/mol. The number of aliphatic hydroxyl groups is 1. The van der Waals surface area contributed by atoms with E-state index >= 15 is 0 Å². The maximum atomic E-state index is 14.1. The summed E-state index contributed by atoms with van der Waals surface area (Å²) in [6, 6.07) is 17.5. The van der Waals surface area contributed by atoms with Crippen molar-refractivity contribution in [1.29, 1.82) is 0 Å². The Labute approximate surface area is 247 Å². The molecule has 0 fully saturated rings. The van der Waals surface area contributed by atoms with E-state index < -0.39 is 24.0 Å². The van der Waals surface area contributed by atoms with E-state index in [1.807, 2.05) is 44.2 Å². The molecule has 0 aromatic heterocycles. The van der Waals surface area contributed by atoms with E-state index in [2.05, 4.69) is 0 Å². The number of aliphatic hydroxyl groups excluding tert-OH is 1. The van der Waals surface area contributed by atoms with Gasteiger partial charge in [0.25, 0.3) is 11.8 Å². The molecule has 0 aliphatic heterocycles. The molecule has 224 valence electrons. The van der Waals surface area contributed by atoms with Gasteiger partial charge in [-0.3, -0.25) is 14.4 Å². The van der Waals surface area contributed by atoms with Crippen LogP contribution in [-0.4, -0.2) is 64.4 Å². The normalized spacial score (nSPS) is 12.4. The number of hydrogen-bond donors (Lipinski definition) is 3. The number of carbonyl (C=O) groups is 3. The quantitative estimate of drug-likeness (QED) is 0.266.